The number of carbonyl (C=O) groups excluding carboxylic acids is 2. The minimum Gasteiger partial charge on any atom is -0.356 e. The molecule has 0 unspecified atom stereocenters. The molecular weight excluding hydrogens is 276 g/mol. The van der Waals surface area contributed by atoms with E-state index in [2.05, 4.69) is 23.6 Å². The van der Waals surface area contributed by atoms with E-state index >= 15 is 0 Å². The number of unbranched alkanes of at least 4 members (excludes halogenated alkanes) is 1. The lowest BCUT2D eigenvalue weighted by molar-refractivity contribution is -0.121. The number of fused-ring (bicyclic) bond motifs is 1. The topological polar surface area (TPSA) is 58.2 Å². The Hall–Kier alpha value is -1.68. The maximum absolute atomic E-state index is 12.3. The Morgan fingerprint density at radius 1 is 1.14 bits per heavy atom. The van der Waals surface area contributed by atoms with Gasteiger partial charge in [0.1, 0.15) is 0 Å². The van der Waals surface area contributed by atoms with Crippen LogP contribution < -0.4 is 10.6 Å². The molecule has 1 heterocycles. The molecule has 0 spiro atoms. The van der Waals surface area contributed by atoms with Crippen LogP contribution in [0.5, 0.6) is 0 Å². The lowest BCUT2D eigenvalue weighted by atomic mass is 9.97. The van der Waals surface area contributed by atoms with E-state index in [1.807, 2.05) is 12.1 Å². The first-order valence-electron chi connectivity index (χ1n) is 8.33. The van der Waals surface area contributed by atoms with Gasteiger partial charge in [0.2, 0.25) is 5.91 Å². The van der Waals surface area contributed by atoms with E-state index in [1.54, 1.807) is 0 Å². The van der Waals surface area contributed by atoms with E-state index in [4.69, 9.17) is 0 Å². The van der Waals surface area contributed by atoms with E-state index in [9.17, 15) is 9.59 Å². The van der Waals surface area contributed by atoms with Crippen LogP contribution in [0.4, 0.5) is 0 Å². The van der Waals surface area contributed by atoms with Crippen molar-refractivity contribution >= 4 is 11.7 Å². The summed E-state index contributed by atoms with van der Waals surface area (Å²) in [4.78, 5) is 23.9. The fourth-order valence-corrected chi connectivity index (χ4v) is 2.71. The summed E-state index contributed by atoms with van der Waals surface area (Å²) in [6, 6.07) is 5.98. The minimum atomic E-state index is -0.0271. The number of amides is 1. The quantitative estimate of drug-likeness (QED) is 0.600. The summed E-state index contributed by atoms with van der Waals surface area (Å²) in [5, 5.41) is 6.22. The van der Waals surface area contributed by atoms with Crippen LogP contribution in [0.2, 0.25) is 0 Å². The van der Waals surface area contributed by atoms with Crippen LogP contribution in [0, 0.1) is 0 Å². The number of Topliss-reactive ketones (excluding diaryl/α,β-unsaturated/α-hetero) is 1. The summed E-state index contributed by atoms with van der Waals surface area (Å²) in [5.74, 6) is 0.0337. The molecule has 0 saturated carbocycles. The Morgan fingerprint density at radius 2 is 1.91 bits per heavy atom. The number of ketones is 1. The second-order valence-corrected chi connectivity index (χ2v) is 5.86. The lowest BCUT2D eigenvalue weighted by Gasteiger charge is -2.08. The van der Waals surface area contributed by atoms with Crippen molar-refractivity contribution in [3.05, 3.63) is 34.9 Å². The summed E-state index contributed by atoms with van der Waals surface area (Å²) in [6.07, 6.45) is 4.59. The third kappa shape index (κ3) is 4.95. The highest BCUT2D eigenvalue weighted by Gasteiger charge is 2.13. The van der Waals surface area contributed by atoms with Crippen molar-refractivity contribution < 1.29 is 9.59 Å². The van der Waals surface area contributed by atoms with Crippen LogP contribution in [0.25, 0.3) is 0 Å². The standard InChI is InChI=1S/C18H26N2O2/c1-2-3-10-20-18(22)7-6-17(21)16-5-4-14-8-11-19-12-9-15(14)13-16/h4-5,13,19H,2-3,6-12H2,1H3,(H,20,22). The molecule has 0 atom stereocenters. The van der Waals surface area contributed by atoms with Gasteiger partial charge in [-0.3, -0.25) is 9.59 Å². The molecule has 0 aliphatic carbocycles. The monoisotopic (exact) mass is 302 g/mol. The second-order valence-electron chi connectivity index (χ2n) is 5.86. The lowest BCUT2D eigenvalue weighted by Crippen LogP contribution is -2.24. The Bertz CT molecular complexity index is 526. The third-order valence-corrected chi connectivity index (χ3v) is 4.10. The largest absolute Gasteiger partial charge is 0.356 e. The molecule has 22 heavy (non-hydrogen) atoms. The normalized spacial score (nSPS) is 14.0. The molecule has 2 N–H and O–H groups in total. The number of benzene rings is 1. The zero-order valence-corrected chi connectivity index (χ0v) is 13.4. The SMILES string of the molecule is CCCCNC(=O)CCC(=O)c1ccc2c(c1)CCNCC2. The molecule has 0 aromatic heterocycles. The third-order valence-electron chi connectivity index (χ3n) is 4.10. The van der Waals surface area contributed by atoms with Crippen molar-refractivity contribution in [2.24, 2.45) is 0 Å². The number of nitrogens with one attached hydrogen (secondary N) is 2. The fraction of sp³-hybridized carbons (Fsp3) is 0.556. The van der Waals surface area contributed by atoms with Crippen LogP contribution in [-0.2, 0) is 17.6 Å². The van der Waals surface area contributed by atoms with Gasteiger partial charge < -0.3 is 10.6 Å². The molecule has 1 amide bonds. The van der Waals surface area contributed by atoms with Gasteiger partial charge in [0.25, 0.3) is 0 Å². The zero-order chi connectivity index (χ0) is 15.8. The highest BCUT2D eigenvalue weighted by Crippen LogP contribution is 2.17. The van der Waals surface area contributed by atoms with Crippen molar-refractivity contribution in [3.8, 4) is 0 Å². The first-order chi connectivity index (χ1) is 10.7. The molecule has 1 aromatic carbocycles. The van der Waals surface area contributed by atoms with Gasteiger partial charge >= 0.3 is 0 Å². The maximum atomic E-state index is 12.3. The van der Waals surface area contributed by atoms with Crippen LogP contribution in [0.3, 0.4) is 0 Å². The van der Waals surface area contributed by atoms with Crippen LogP contribution >= 0.6 is 0 Å². The van der Waals surface area contributed by atoms with Gasteiger partial charge in [-0.2, -0.15) is 0 Å². The molecule has 0 saturated heterocycles. The van der Waals surface area contributed by atoms with Crippen molar-refractivity contribution in [1.82, 2.24) is 10.6 Å². The van der Waals surface area contributed by atoms with E-state index in [0.717, 1.165) is 44.3 Å². The number of carbonyl (C=O) groups is 2. The highest BCUT2D eigenvalue weighted by molar-refractivity contribution is 5.98. The van der Waals surface area contributed by atoms with E-state index in [0.29, 0.717) is 6.54 Å². The minimum absolute atomic E-state index is 0.0271. The van der Waals surface area contributed by atoms with Crippen LogP contribution in [0.15, 0.2) is 18.2 Å². The predicted octanol–water partition coefficient (Wildman–Crippen LogP) is 2.25. The number of hydrogen-bond donors (Lipinski definition) is 2. The molecule has 4 nitrogen and oxygen atoms in total. The second kappa shape index (κ2) is 8.69. The van der Waals surface area contributed by atoms with Gasteiger partial charge in [-0.1, -0.05) is 25.5 Å². The van der Waals surface area contributed by atoms with E-state index in [1.165, 1.54) is 11.1 Å². The van der Waals surface area contributed by atoms with E-state index < -0.39 is 0 Å². The first-order valence-corrected chi connectivity index (χ1v) is 8.33. The molecule has 1 aromatic rings. The predicted molar refractivity (Wildman–Crippen MR) is 88.2 cm³/mol. The molecule has 0 bridgehead atoms. The van der Waals surface area contributed by atoms with Gasteiger partial charge in [-0.25, -0.2) is 0 Å². The number of hydrogen-bond acceptors (Lipinski definition) is 3. The smallest absolute Gasteiger partial charge is 0.220 e. The first kappa shape index (κ1) is 16.7. The summed E-state index contributed by atoms with van der Waals surface area (Å²) in [6.45, 7) is 4.75. The van der Waals surface area contributed by atoms with Crippen molar-refractivity contribution in [1.29, 1.82) is 0 Å². The zero-order valence-electron chi connectivity index (χ0n) is 13.4. The maximum Gasteiger partial charge on any atom is 0.220 e. The van der Waals surface area contributed by atoms with Crippen molar-refractivity contribution in [3.63, 3.8) is 0 Å². The van der Waals surface area contributed by atoms with Crippen LogP contribution in [-0.4, -0.2) is 31.3 Å². The Morgan fingerprint density at radius 3 is 2.68 bits per heavy atom. The van der Waals surface area contributed by atoms with Gasteiger partial charge in [0.15, 0.2) is 5.78 Å². The Labute approximate surface area is 132 Å². The molecule has 0 fully saturated rings. The van der Waals surface area contributed by atoms with Gasteiger partial charge in [-0.15, -0.1) is 0 Å². The molecule has 0 radical (unpaired) electrons. The van der Waals surface area contributed by atoms with Crippen molar-refractivity contribution in [2.75, 3.05) is 19.6 Å². The summed E-state index contributed by atoms with van der Waals surface area (Å²) in [5.41, 5.74) is 3.34. The Kier molecular flexibility index (Phi) is 6.59. The molecule has 1 aliphatic heterocycles. The molecular formula is C18H26N2O2. The van der Waals surface area contributed by atoms with Gasteiger partial charge in [0, 0.05) is 24.9 Å². The summed E-state index contributed by atoms with van der Waals surface area (Å²) >= 11 is 0. The van der Waals surface area contributed by atoms with Crippen LogP contribution in [0.1, 0.15) is 54.1 Å². The summed E-state index contributed by atoms with van der Waals surface area (Å²) in [7, 11) is 0. The average Bonchev–Trinajstić information content (AvgIpc) is 2.77. The van der Waals surface area contributed by atoms with Crippen molar-refractivity contribution in [2.45, 2.75) is 45.4 Å². The molecule has 1 aliphatic rings. The molecule has 2 rings (SSSR count). The van der Waals surface area contributed by atoms with Gasteiger partial charge in [-0.05, 0) is 49.5 Å². The van der Waals surface area contributed by atoms with Gasteiger partial charge in [0.05, 0.1) is 0 Å². The van der Waals surface area contributed by atoms with E-state index in [-0.39, 0.29) is 24.5 Å². The highest BCUT2D eigenvalue weighted by atomic mass is 16.2. The summed E-state index contributed by atoms with van der Waals surface area (Å²) < 4.78 is 0. The molecule has 4 heteroatoms. The Balaban J connectivity index is 1.87. The average molecular weight is 302 g/mol. The number of rotatable bonds is 7. The fourth-order valence-electron chi connectivity index (χ4n) is 2.71. The molecule has 120 valence electrons.